The molecule has 0 saturated carbocycles. The Labute approximate surface area is 123 Å². The lowest BCUT2D eigenvalue weighted by Gasteiger charge is -2.25. The molecule has 3 heterocycles. The first kappa shape index (κ1) is 13.9. The van der Waals surface area contributed by atoms with Crippen molar-refractivity contribution in [3.8, 4) is 0 Å². The summed E-state index contributed by atoms with van der Waals surface area (Å²) in [5.74, 6) is 0.860. The van der Waals surface area contributed by atoms with Crippen LogP contribution in [0.25, 0.3) is 0 Å². The van der Waals surface area contributed by atoms with Crippen molar-refractivity contribution in [2.24, 2.45) is 0 Å². The molecule has 0 unspecified atom stereocenters. The second-order valence-electron chi connectivity index (χ2n) is 5.59. The lowest BCUT2D eigenvalue weighted by atomic mass is 10.2. The van der Waals surface area contributed by atoms with E-state index >= 15 is 0 Å². The van der Waals surface area contributed by atoms with Crippen molar-refractivity contribution < 1.29 is 5.11 Å². The Kier molecular flexibility index (Phi) is 3.70. The Bertz CT molecular complexity index is 506. The standard InChI is InChI=1S/C13H20ClN5O/c1-8-11(14)12(17-13(15)16-8)19-6-9(10(20)7-19)18-4-2-3-5-18/h9-10,20H,2-7H2,1H3,(H2,15,16,17)/t9-,10-/m0/s1. The van der Waals surface area contributed by atoms with Crippen LogP contribution in [-0.4, -0.2) is 58.3 Å². The van der Waals surface area contributed by atoms with Crippen LogP contribution in [0.3, 0.4) is 0 Å². The predicted molar refractivity (Wildman–Crippen MR) is 79.0 cm³/mol. The smallest absolute Gasteiger partial charge is 0.222 e. The summed E-state index contributed by atoms with van der Waals surface area (Å²) in [4.78, 5) is 12.7. The monoisotopic (exact) mass is 297 g/mol. The summed E-state index contributed by atoms with van der Waals surface area (Å²) >= 11 is 6.28. The van der Waals surface area contributed by atoms with Crippen molar-refractivity contribution in [1.82, 2.24) is 14.9 Å². The maximum Gasteiger partial charge on any atom is 0.222 e. The summed E-state index contributed by atoms with van der Waals surface area (Å²) in [5.41, 5.74) is 6.38. The fourth-order valence-electron chi connectivity index (χ4n) is 3.15. The molecular formula is C13H20ClN5O. The molecule has 0 aliphatic carbocycles. The minimum absolute atomic E-state index is 0.157. The summed E-state index contributed by atoms with van der Waals surface area (Å²) < 4.78 is 0. The van der Waals surface area contributed by atoms with Crippen LogP contribution in [0.5, 0.6) is 0 Å². The molecule has 1 aromatic heterocycles. The minimum atomic E-state index is -0.374. The largest absolute Gasteiger partial charge is 0.390 e. The lowest BCUT2D eigenvalue weighted by molar-refractivity contribution is 0.0986. The summed E-state index contributed by atoms with van der Waals surface area (Å²) in [5, 5.41) is 10.8. The summed E-state index contributed by atoms with van der Waals surface area (Å²) in [6, 6.07) is 0.157. The number of aromatic nitrogens is 2. The van der Waals surface area contributed by atoms with E-state index in [9.17, 15) is 5.11 Å². The van der Waals surface area contributed by atoms with Gasteiger partial charge in [-0.3, -0.25) is 4.90 Å². The van der Waals surface area contributed by atoms with Crippen molar-refractivity contribution >= 4 is 23.4 Å². The number of aliphatic hydroxyl groups is 1. The highest BCUT2D eigenvalue weighted by Gasteiger charge is 2.37. The Morgan fingerprint density at radius 3 is 2.65 bits per heavy atom. The zero-order valence-corrected chi connectivity index (χ0v) is 12.3. The van der Waals surface area contributed by atoms with E-state index < -0.39 is 0 Å². The molecule has 2 atom stereocenters. The first-order chi connectivity index (χ1) is 9.56. The van der Waals surface area contributed by atoms with Crippen LogP contribution in [-0.2, 0) is 0 Å². The number of aryl methyl sites for hydroxylation is 1. The Hall–Kier alpha value is -1.11. The molecule has 3 rings (SSSR count). The molecule has 1 aromatic rings. The van der Waals surface area contributed by atoms with Gasteiger partial charge in [0.2, 0.25) is 5.95 Å². The fourth-order valence-corrected chi connectivity index (χ4v) is 3.35. The molecule has 0 bridgehead atoms. The van der Waals surface area contributed by atoms with Crippen molar-refractivity contribution in [2.75, 3.05) is 36.8 Å². The van der Waals surface area contributed by atoms with Gasteiger partial charge in [0.15, 0.2) is 5.82 Å². The van der Waals surface area contributed by atoms with Crippen molar-refractivity contribution in [3.05, 3.63) is 10.7 Å². The molecule has 2 saturated heterocycles. The highest BCUT2D eigenvalue weighted by Crippen LogP contribution is 2.31. The number of aliphatic hydroxyl groups excluding tert-OH is 1. The molecule has 2 fully saturated rings. The van der Waals surface area contributed by atoms with Gasteiger partial charge >= 0.3 is 0 Å². The highest BCUT2D eigenvalue weighted by atomic mass is 35.5. The van der Waals surface area contributed by atoms with Gasteiger partial charge in [0.25, 0.3) is 0 Å². The van der Waals surface area contributed by atoms with Crippen LogP contribution in [0.15, 0.2) is 0 Å². The molecule has 0 aromatic carbocycles. The van der Waals surface area contributed by atoms with E-state index in [4.69, 9.17) is 17.3 Å². The molecule has 3 N–H and O–H groups in total. The number of anilines is 2. The number of hydrogen-bond donors (Lipinski definition) is 2. The number of nitrogens with two attached hydrogens (primary N) is 1. The average molecular weight is 298 g/mol. The molecule has 0 amide bonds. The number of likely N-dealkylation sites (tertiary alicyclic amines) is 1. The van der Waals surface area contributed by atoms with Gasteiger partial charge in [0.05, 0.1) is 17.8 Å². The normalized spacial score (nSPS) is 27.4. The topological polar surface area (TPSA) is 78.5 Å². The van der Waals surface area contributed by atoms with Gasteiger partial charge in [-0.05, 0) is 32.9 Å². The molecule has 2 aliphatic heterocycles. The van der Waals surface area contributed by atoms with E-state index in [-0.39, 0.29) is 18.1 Å². The number of nitrogens with zero attached hydrogens (tertiary/aromatic N) is 4. The molecule has 20 heavy (non-hydrogen) atoms. The van der Waals surface area contributed by atoms with Crippen LogP contribution >= 0.6 is 11.6 Å². The summed E-state index contributed by atoms with van der Waals surface area (Å²) in [6.07, 6.45) is 2.05. The van der Waals surface area contributed by atoms with Gasteiger partial charge in [-0.1, -0.05) is 11.6 Å². The minimum Gasteiger partial charge on any atom is -0.390 e. The van der Waals surface area contributed by atoms with Crippen molar-refractivity contribution in [2.45, 2.75) is 31.9 Å². The zero-order valence-electron chi connectivity index (χ0n) is 11.6. The molecule has 2 aliphatic rings. The Balaban J connectivity index is 1.82. The number of rotatable bonds is 2. The molecule has 6 nitrogen and oxygen atoms in total. The summed E-state index contributed by atoms with van der Waals surface area (Å²) in [6.45, 7) is 5.21. The lowest BCUT2D eigenvalue weighted by Crippen LogP contribution is -2.41. The van der Waals surface area contributed by atoms with Crippen LogP contribution in [0.4, 0.5) is 11.8 Å². The van der Waals surface area contributed by atoms with E-state index in [2.05, 4.69) is 14.9 Å². The maximum absolute atomic E-state index is 10.3. The number of hydrogen-bond acceptors (Lipinski definition) is 6. The van der Waals surface area contributed by atoms with Crippen molar-refractivity contribution in [3.63, 3.8) is 0 Å². The van der Waals surface area contributed by atoms with E-state index in [0.717, 1.165) is 19.6 Å². The third-order valence-corrected chi connectivity index (χ3v) is 4.63. The molecule has 0 spiro atoms. The van der Waals surface area contributed by atoms with E-state index in [1.54, 1.807) is 0 Å². The van der Waals surface area contributed by atoms with E-state index in [1.165, 1.54) is 12.8 Å². The van der Waals surface area contributed by atoms with Crippen LogP contribution in [0.2, 0.25) is 5.02 Å². The Morgan fingerprint density at radius 1 is 1.25 bits per heavy atom. The first-order valence-corrected chi connectivity index (χ1v) is 7.40. The highest BCUT2D eigenvalue weighted by molar-refractivity contribution is 6.33. The molecular weight excluding hydrogens is 278 g/mol. The second-order valence-corrected chi connectivity index (χ2v) is 5.97. The molecule has 0 radical (unpaired) electrons. The van der Waals surface area contributed by atoms with Crippen LogP contribution < -0.4 is 10.6 Å². The third kappa shape index (κ3) is 2.43. The average Bonchev–Trinajstić information content (AvgIpc) is 3.02. The van der Waals surface area contributed by atoms with Gasteiger partial charge in [0.1, 0.15) is 5.02 Å². The number of β-amino-alcohol motifs (C(OH)–C–C–N with tert-alkyl or cyclic N) is 1. The predicted octanol–water partition coefficient (Wildman–Crippen LogP) is 0.666. The van der Waals surface area contributed by atoms with E-state index in [1.807, 2.05) is 11.8 Å². The van der Waals surface area contributed by atoms with Gasteiger partial charge in [-0.15, -0.1) is 0 Å². The fraction of sp³-hybridized carbons (Fsp3) is 0.692. The zero-order chi connectivity index (χ0) is 14.3. The first-order valence-electron chi connectivity index (χ1n) is 7.03. The van der Waals surface area contributed by atoms with Gasteiger partial charge in [-0.25, -0.2) is 4.98 Å². The van der Waals surface area contributed by atoms with Gasteiger partial charge in [0, 0.05) is 13.1 Å². The quantitative estimate of drug-likeness (QED) is 0.835. The summed E-state index contributed by atoms with van der Waals surface area (Å²) in [7, 11) is 0. The second kappa shape index (κ2) is 5.35. The molecule has 110 valence electrons. The van der Waals surface area contributed by atoms with E-state index in [0.29, 0.717) is 23.1 Å². The Morgan fingerprint density at radius 2 is 1.95 bits per heavy atom. The van der Waals surface area contributed by atoms with Crippen LogP contribution in [0, 0.1) is 6.92 Å². The third-order valence-electron chi connectivity index (χ3n) is 4.18. The van der Waals surface area contributed by atoms with Gasteiger partial charge < -0.3 is 15.7 Å². The SMILES string of the molecule is Cc1nc(N)nc(N2C[C@H](O)[C@@H](N3CCCC3)C2)c1Cl. The number of halogens is 1. The molecule has 7 heteroatoms. The van der Waals surface area contributed by atoms with Crippen molar-refractivity contribution in [1.29, 1.82) is 0 Å². The van der Waals surface area contributed by atoms with Gasteiger partial charge in [-0.2, -0.15) is 4.98 Å². The maximum atomic E-state index is 10.3. The number of nitrogen functional groups attached to an aromatic ring is 1. The van der Waals surface area contributed by atoms with Crippen LogP contribution in [0.1, 0.15) is 18.5 Å².